The number of carbonyl (C=O) groups excluding carboxylic acids is 1. The number of amides is 1. The van der Waals surface area contributed by atoms with Crippen molar-refractivity contribution in [2.45, 2.75) is 39.7 Å². The van der Waals surface area contributed by atoms with Crippen molar-refractivity contribution in [1.82, 2.24) is 5.32 Å². The van der Waals surface area contributed by atoms with E-state index in [1.807, 2.05) is 32.0 Å². The number of para-hydroxylation sites is 1. The van der Waals surface area contributed by atoms with Gasteiger partial charge < -0.3 is 10.2 Å². The van der Waals surface area contributed by atoms with E-state index in [1.54, 1.807) is 0 Å². The van der Waals surface area contributed by atoms with Crippen LogP contribution in [0.15, 0.2) is 42.5 Å². The zero-order valence-electron chi connectivity index (χ0n) is 14.8. The smallest absolute Gasteiger partial charge is 0.251 e. The third kappa shape index (κ3) is 3.45. The highest BCUT2D eigenvalue weighted by Gasteiger charge is 2.24. The maximum absolute atomic E-state index is 12.4. The zero-order valence-corrected chi connectivity index (χ0v) is 14.8. The van der Waals surface area contributed by atoms with Crippen LogP contribution in [0.2, 0.25) is 0 Å². The van der Waals surface area contributed by atoms with Crippen LogP contribution >= 0.6 is 0 Å². The van der Waals surface area contributed by atoms with Crippen LogP contribution < -0.4 is 10.2 Å². The predicted molar refractivity (Wildman–Crippen MR) is 99.8 cm³/mol. The van der Waals surface area contributed by atoms with Crippen molar-refractivity contribution in [2.75, 3.05) is 18.0 Å². The molecule has 0 radical (unpaired) electrons. The normalized spacial score (nSPS) is 16.1. The number of benzene rings is 2. The molecule has 0 fully saturated rings. The number of nitrogens with one attached hydrogen (secondary N) is 1. The SMILES string of the molecule is Cc1ccc(C)c(C(=O)NCCCN2c3ccccc3CC2C)c1. The topological polar surface area (TPSA) is 32.3 Å². The van der Waals surface area contributed by atoms with E-state index < -0.39 is 0 Å². The third-order valence-electron chi connectivity index (χ3n) is 4.85. The molecule has 126 valence electrons. The first-order chi connectivity index (χ1) is 11.6. The molecule has 0 spiro atoms. The Labute approximate surface area is 144 Å². The lowest BCUT2D eigenvalue weighted by Gasteiger charge is -2.25. The standard InChI is InChI=1S/C21H26N2O/c1-15-9-10-16(2)19(13-15)21(24)22-11-6-12-23-17(3)14-18-7-4-5-8-20(18)23/h4-5,7-10,13,17H,6,11-12,14H2,1-3H3,(H,22,24). The zero-order chi connectivity index (χ0) is 17.1. The lowest BCUT2D eigenvalue weighted by molar-refractivity contribution is 0.0952. The second-order valence-electron chi connectivity index (χ2n) is 6.80. The summed E-state index contributed by atoms with van der Waals surface area (Å²) in [5.41, 5.74) is 5.72. The summed E-state index contributed by atoms with van der Waals surface area (Å²) in [6.45, 7) is 7.96. The number of hydrogen-bond acceptors (Lipinski definition) is 2. The van der Waals surface area contributed by atoms with Crippen molar-refractivity contribution in [1.29, 1.82) is 0 Å². The molecule has 3 nitrogen and oxygen atoms in total. The molecule has 0 aliphatic carbocycles. The molecule has 1 amide bonds. The van der Waals surface area contributed by atoms with E-state index in [-0.39, 0.29) is 5.91 Å². The molecular weight excluding hydrogens is 296 g/mol. The first-order valence-corrected chi connectivity index (χ1v) is 8.76. The lowest BCUT2D eigenvalue weighted by atomic mass is 10.1. The average Bonchev–Trinajstić information content (AvgIpc) is 2.89. The Morgan fingerprint density at radius 3 is 2.83 bits per heavy atom. The molecule has 1 atom stereocenters. The quantitative estimate of drug-likeness (QED) is 0.848. The molecule has 3 heteroatoms. The van der Waals surface area contributed by atoms with E-state index in [4.69, 9.17) is 0 Å². The fraction of sp³-hybridized carbons (Fsp3) is 0.381. The van der Waals surface area contributed by atoms with E-state index >= 15 is 0 Å². The van der Waals surface area contributed by atoms with Gasteiger partial charge in [-0.25, -0.2) is 0 Å². The van der Waals surface area contributed by atoms with Crippen molar-refractivity contribution < 1.29 is 4.79 Å². The highest BCUT2D eigenvalue weighted by Crippen LogP contribution is 2.31. The van der Waals surface area contributed by atoms with Crippen LogP contribution in [0.4, 0.5) is 5.69 Å². The minimum Gasteiger partial charge on any atom is -0.368 e. The fourth-order valence-electron chi connectivity index (χ4n) is 3.50. The molecule has 0 saturated heterocycles. The van der Waals surface area contributed by atoms with Crippen molar-refractivity contribution >= 4 is 11.6 Å². The number of fused-ring (bicyclic) bond motifs is 1. The third-order valence-corrected chi connectivity index (χ3v) is 4.85. The highest BCUT2D eigenvalue weighted by molar-refractivity contribution is 5.95. The van der Waals surface area contributed by atoms with Gasteiger partial charge in [-0.05, 0) is 56.9 Å². The Morgan fingerprint density at radius 1 is 1.21 bits per heavy atom. The lowest BCUT2D eigenvalue weighted by Crippen LogP contribution is -2.33. The second kappa shape index (κ2) is 7.08. The molecule has 1 aliphatic heterocycles. The largest absolute Gasteiger partial charge is 0.368 e. The van der Waals surface area contributed by atoms with Crippen LogP contribution in [-0.4, -0.2) is 25.0 Å². The summed E-state index contributed by atoms with van der Waals surface area (Å²) in [5, 5.41) is 3.06. The number of nitrogens with zero attached hydrogens (tertiary/aromatic N) is 1. The number of carbonyl (C=O) groups is 1. The Hall–Kier alpha value is -2.29. The maximum Gasteiger partial charge on any atom is 0.251 e. The van der Waals surface area contributed by atoms with Gasteiger partial charge in [-0.1, -0.05) is 35.9 Å². The van der Waals surface area contributed by atoms with Crippen LogP contribution in [0.5, 0.6) is 0 Å². The molecule has 1 N–H and O–H groups in total. The molecule has 24 heavy (non-hydrogen) atoms. The first-order valence-electron chi connectivity index (χ1n) is 8.76. The van der Waals surface area contributed by atoms with Gasteiger partial charge in [0.05, 0.1) is 0 Å². The molecule has 2 aromatic rings. The number of rotatable bonds is 5. The monoisotopic (exact) mass is 322 g/mol. The van der Waals surface area contributed by atoms with Gasteiger partial charge in [0.2, 0.25) is 0 Å². The molecule has 1 unspecified atom stereocenters. The van der Waals surface area contributed by atoms with Gasteiger partial charge in [0.25, 0.3) is 5.91 Å². The molecule has 0 bridgehead atoms. The van der Waals surface area contributed by atoms with Gasteiger partial charge in [-0.15, -0.1) is 0 Å². The number of hydrogen-bond donors (Lipinski definition) is 1. The van der Waals surface area contributed by atoms with E-state index in [1.165, 1.54) is 11.3 Å². The number of anilines is 1. The van der Waals surface area contributed by atoms with Crippen LogP contribution in [0.25, 0.3) is 0 Å². The molecule has 1 aliphatic rings. The first kappa shape index (κ1) is 16.6. The Balaban J connectivity index is 1.52. The molecule has 3 rings (SSSR count). The summed E-state index contributed by atoms with van der Waals surface area (Å²) >= 11 is 0. The van der Waals surface area contributed by atoms with Gasteiger partial charge in [-0.2, -0.15) is 0 Å². The van der Waals surface area contributed by atoms with Gasteiger partial charge in [0.1, 0.15) is 0 Å². The van der Waals surface area contributed by atoms with E-state index in [0.29, 0.717) is 12.6 Å². The van der Waals surface area contributed by atoms with Gasteiger partial charge >= 0.3 is 0 Å². The molecule has 0 saturated carbocycles. The molecule has 2 aromatic carbocycles. The summed E-state index contributed by atoms with van der Waals surface area (Å²) in [7, 11) is 0. The summed E-state index contributed by atoms with van der Waals surface area (Å²) < 4.78 is 0. The second-order valence-corrected chi connectivity index (χ2v) is 6.80. The Bertz CT molecular complexity index is 738. The summed E-state index contributed by atoms with van der Waals surface area (Å²) in [4.78, 5) is 14.8. The molecular formula is C21H26N2O. The van der Waals surface area contributed by atoms with Crippen molar-refractivity contribution in [3.8, 4) is 0 Å². The minimum atomic E-state index is 0.0334. The number of aryl methyl sites for hydroxylation is 2. The van der Waals surface area contributed by atoms with E-state index in [0.717, 1.165) is 36.1 Å². The average molecular weight is 322 g/mol. The summed E-state index contributed by atoms with van der Waals surface area (Å²) in [5.74, 6) is 0.0334. The molecule has 1 heterocycles. The summed E-state index contributed by atoms with van der Waals surface area (Å²) in [6.07, 6.45) is 2.07. The van der Waals surface area contributed by atoms with Gasteiger partial charge in [-0.3, -0.25) is 4.79 Å². The Morgan fingerprint density at radius 2 is 2.00 bits per heavy atom. The van der Waals surface area contributed by atoms with E-state index in [2.05, 4.69) is 41.4 Å². The van der Waals surface area contributed by atoms with Crippen molar-refractivity contribution in [2.24, 2.45) is 0 Å². The van der Waals surface area contributed by atoms with Crippen molar-refractivity contribution in [3.63, 3.8) is 0 Å². The van der Waals surface area contributed by atoms with Crippen LogP contribution in [-0.2, 0) is 6.42 Å². The van der Waals surface area contributed by atoms with Gasteiger partial charge in [0, 0.05) is 30.4 Å². The molecule has 0 aromatic heterocycles. The predicted octanol–water partition coefficient (Wildman–Crippen LogP) is 3.87. The van der Waals surface area contributed by atoms with Crippen LogP contribution in [0.3, 0.4) is 0 Å². The minimum absolute atomic E-state index is 0.0334. The van der Waals surface area contributed by atoms with E-state index in [9.17, 15) is 4.79 Å². The maximum atomic E-state index is 12.4. The summed E-state index contributed by atoms with van der Waals surface area (Å²) in [6, 6.07) is 15.2. The fourth-order valence-corrected chi connectivity index (χ4v) is 3.50. The van der Waals surface area contributed by atoms with Crippen LogP contribution in [0, 0.1) is 13.8 Å². The van der Waals surface area contributed by atoms with Crippen molar-refractivity contribution in [3.05, 3.63) is 64.7 Å². The Kier molecular flexibility index (Phi) is 4.89. The highest BCUT2D eigenvalue weighted by atomic mass is 16.1. The van der Waals surface area contributed by atoms with Crippen LogP contribution in [0.1, 0.15) is 40.4 Å². The van der Waals surface area contributed by atoms with Gasteiger partial charge in [0.15, 0.2) is 0 Å².